The molecule has 2 aromatic carbocycles. The predicted molar refractivity (Wildman–Crippen MR) is 110 cm³/mol. The number of halogens is 2. The summed E-state index contributed by atoms with van der Waals surface area (Å²) in [6.45, 7) is 7.28. The largest absolute Gasteiger partial charge is 0.344 e. The lowest BCUT2D eigenvalue weighted by Crippen LogP contribution is -2.38. The van der Waals surface area contributed by atoms with Gasteiger partial charge in [-0.1, -0.05) is 67.9 Å². The van der Waals surface area contributed by atoms with Crippen LogP contribution in [0.15, 0.2) is 47.0 Å². The van der Waals surface area contributed by atoms with Crippen LogP contribution >= 0.6 is 11.6 Å². The Hall–Kier alpha value is -2.73. The van der Waals surface area contributed by atoms with E-state index in [1.807, 2.05) is 45.0 Å². The molecular formula is C22H23ClFN3O2. The van der Waals surface area contributed by atoms with E-state index in [1.54, 1.807) is 19.1 Å². The van der Waals surface area contributed by atoms with Crippen LogP contribution in [0.3, 0.4) is 0 Å². The summed E-state index contributed by atoms with van der Waals surface area (Å²) in [6.07, 6.45) is 0.494. The summed E-state index contributed by atoms with van der Waals surface area (Å²) in [5.74, 6) is 0.336. The number of aryl methyl sites for hydroxylation is 1. The summed E-state index contributed by atoms with van der Waals surface area (Å²) in [7, 11) is 0. The number of benzene rings is 2. The van der Waals surface area contributed by atoms with Gasteiger partial charge in [0.2, 0.25) is 11.8 Å². The molecule has 1 N–H and O–H groups in total. The van der Waals surface area contributed by atoms with Crippen LogP contribution in [0.5, 0.6) is 0 Å². The Labute approximate surface area is 174 Å². The first kappa shape index (κ1) is 21.0. The van der Waals surface area contributed by atoms with Crippen LogP contribution in [0.1, 0.15) is 44.1 Å². The van der Waals surface area contributed by atoms with Crippen molar-refractivity contribution in [2.75, 3.05) is 0 Å². The standard InChI is InChI=1S/C22H23ClFN3O2/c1-13-25-20(29-27-13)19(26-21(28)22(2,3)4)11-14-5-7-15(8-6-14)16-9-10-18(24)17(23)12-16/h5-10,12,19H,11H2,1-4H3,(H,26,28)/t19-/m0/s1. The number of aromatic nitrogens is 2. The van der Waals surface area contributed by atoms with Crippen molar-refractivity contribution in [1.29, 1.82) is 0 Å². The summed E-state index contributed by atoms with van der Waals surface area (Å²) in [4.78, 5) is 16.8. The Morgan fingerprint density at radius 3 is 2.38 bits per heavy atom. The number of carbonyl (C=O) groups is 1. The van der Waals surface area contributed by atoms with Gasteiger partial charge in [0.15, 0.2) is 5.82 Å². The van der Waals surface area contributed by atoms with E-state index in [0.29, 0.717) is 18.1 Å². The number of carbonyl (C=O) groups excluding carboxylic acids is 1. The SMILES string of the molecule is Cc1noc([C@H](Cc2ccc(-c3ccc(F)c(Cl)c3)cc2)NC(=O)C(C)(C)C)n1. The number of hydrogen-bond donors (Lipinski definition) is 1. The normalized spacial score (nSPS) is 12.6. The quantitative estimate of drug-likeness (QED) is 0.615. The predicted octanol–water partition coefficient (Wildman–Crippen LogP) is 5.28. The number of rotatable bonds is 5. The van der Waals surface area contributed by atoms with E-state index in [9.17, 15) is 9.18 Å². The van der Waals surface area contributed by atoms with Gasteiger partial charge < -0.3 is 9.84 Å². The molecule has 152 valence electrons. The third-order valence-electron chi connectivity index (χ3n) is 4.47. The van der Waals surface area contributed by atoms with Gasteiger partial charge in [0.25, 0.3) is 0 Å². The molecule has 1 heterocycles. The molecule has 7 heteroatoms. The lowest BCUT2D eigenvalue weighted by molar-refractivity contribution is -0.129. The van der Waals surface area contributed by atoms with Crippen molar-refractivity contribution in [3.63, 3.8) is 0 Å². The molecule has 29 heavy (non-hydrogen) atoms. The van der Waals surface area contributed by atoms with E-state index in [-0.39, 0.29) is 10.9 Å². The summed E-state index contributed by atoms with van der Waals surface area (Å²) in [5.41, 5.74) is 2.18. The lowest BCUT2D eigenvalue weighted by atomic mass is 9.94. The minimum absolute atomic E-state index is 0.0864. The van der Waals surface area contributed by atoms with Crippen LogP contribution < -0.4 is 5.32 Å². The van der Waals surface area contributed by atoms with Crippen molar-refractivity contribution in [2.45, 2.75) is 40.2 Å². The van der Waals surface area contributed by atoms with Gasteiger partial charge in [-0.25, -0.2) is 4.39 Å². The molecule has 0 radical (unpaired) electrons. The van der Waals surface area contributed by atoms with Crippen molar-refractivity contribution in [3.05, 3.63) is 70.6 Å². The molecular weight excluding hydrogens is 393 g/mol. The van der Waals surface area contributed by atoms with Crippen LogP contribution in [-0.4, -0.2) is 16.0 Å². The van der Waals surface area contributed by atoms with Crippen molar-refractivity contribution < 1.29 is 13.7 Å². The fourth-order valence-electron chi connectivity index (χ4n) is 2.77. The van der Waals surface area contributed by atoms with Gasteiger partial charge in [-0.05, 0) is 35.7 Å². The first-order valence-corrected chi connectivity index (χ1v) is 9.67. The second-order valence-corrected chi connectivity index (χ2v) is 8.39. The maximum Gasteiger partial charge on any atom is 0.249 e. The monoisotopic (exact) mass is 415 g/mol. The summed E-state index contributed by atoms with van der Waals surface area (Å²) in [5, 5.41) is 6.92. The molecule has 0 unspecified atom stereocenters. The van der Waals surface area contributed by atoms with E-state index in [1.165, 1.54) is 6.07 Å². The van der Waals surface area contributed by atoms with Crippen LogP contribution in [0.2, 0.25) is 5.02 Å². The molecule has 3 aromatic rings. The molecule has 0 aliphatic rings. The Bertz CT molecular complexity index is 1010. The molecule has 0 saturated carbocycles. The van der Waals surface area contributed by atoms with Crippen molar-refractivity contribution in [3.8, 4) is 11.1 Å². The smallest absolute Gasteiger partial charge is 0.249 e. The maximum atomic E-state index is 13.4. The van der Waals surface area contributed by atoms with Gasteiger partial charge in [-0.3, -0.25) is 4.79 Å². The molecule has 0 bridgehead atoms. The van der Waals surface area contributed by atoms with Gasteiger partial charge in [-0.15, -0.1) is 0 Å². The van der Waals surface area contributed by atoms with Crippen molar-refractivity contribution >= 4 is 17.5 Å². The zero-order valence-electron chi connectivity index (χ0n) is 16.8. The van der Waals surface area contributed by atoms with E-state index in [0.717, 1.165) is 16.7 Å². The fourth-order valence-corrected chi connectivity index (χ4v) is 2.95. The van der Waals surface area contributed by atoms with Gasteiger partial charge in [0.1, 0.15) is 11.9 Å². The molecule has 3 rings (SSSR count). The fraction of sp³-hybridized carbons (Fsp3) is 0.318. The highest BCUT2D eigenvalue weighted by atomic mass is 35.5. The zero-order valence-corrected chi connectivity index (χ0v) is 17.5. The van der Waals surface area contributed by atoms with Gasteiger partial charge in [-0.2, -0.15) is 4.98 Å². The van der Waals surface area contributed by atoms with Gasteiger partial charge in [0.05, 0.1) is 5.02 Å². The molecule has 1 aromatic heterocycles. The Morgan fingerprint density at radius 2 is 1.83 bits per heavy atom. The second kappa shape index (κ2) is 8.33. The number of nitrogens with zero attached hydrogens (tertiary/aromatic N) is 2. The highest BCUT2D eigenvalue weighted by Crippen LogP contribution is 2.26. The van der Waals surface area contributed by atoms with E-state index in [2.05, 4.69) is 15.5 Å². The van der Waals surface area contributed by atoms with E-state index >= 15 is 0 Å². The van der Waals surface area contributed by atoms with Crippen LogP contribution in [0.4, 0.5) is 4.39 Å². The first-order valence-electron chi connectivity index (χ1n) is 9.29. The lowest BCUT2D eigenvalue weighted by Gasteiger charge is -2.22. The van der Waals surface area contributed by atoms with E-state index < -0.39 is 17.3 Å². The minimum Gasteiger partial charge on any atom is -0.344 e. The number of hydrogen-bond acceptors (Lipinski definition) is 4. The third kappa shape index (κ3) is 5.21. The molecule has 1 atom stereocenters. The topological polar surface area (TPSA) is 68.0 Å². The highest BCUT2D eigenvalue weighted by molar-refractivity contribution is 6.31. The molecule has 5 nitrogen and oxygen atoms in total. The van der Waals surface area contributed by atoms with E-state index in [4.69, 9.17) is 16.1 Å². The molecule has 0 spiro atoms. The second-order valence-electron chi connectivity index (χ2n) is 7.99. The minimum atomic E-state index is -0.543. The highest BCUT2D eigenvalue weighted by Gasteiger charge is 2.27. The average molecular weight is 416 g/mol. The van der Waals surface area contributed by atoms with Gasteiger partial charge in [0, 0.05) is 11.8 Å². The maximum absolute atomic E-state index is 13.4. The summed E-state index contributed by atoms with van der Waals surface area (Å²) < 4.78 is 18.7. The molecule has 0 aliphatic heterocycles. The first-order chi connectivity index (χ1) is 13.6. The van der Waals surface area contributed by atoms with Crippen molar-refractivity contribution in [2.24, 2.45) is 5.41 Å². The summed E-state index contributed by atoms with van der Waals surface area (Å²) >= 11 is 5.88. The number of nitrogens with one attached hydrogen (secondary N) is 1. The van der Waals surface area contributed by atoms with Crippen LogP contribution in [0.25, 0.3) is 11.1 Å². The third-order valence-corrected chi connectivity index (χ3v) is 4.76. The molecule has 0 fully saturated rings. The van der Waals surface area contributed by atoms with Crippen molar-refractivity contribution in [1.82, 2.24) is 15.5 Å². The Kier molecular flexibility index (Phi) is 6.03. The zero-order chi connectivity index (χ0) is 21.2. The molecule has 1 amide bonds. The average Bonchev–Trinajstić information content (AvgIpc) is 3.09. The Balaban J connectivity index is 1.81. The Morgan fingerprint density at radius 1 is 1.17 bits per heavy atom. The molecule has 0 saturated heterocycles. The van der Waals surface area contributed by atoms with Crippen LogP contribution in [-0.2, 0) is 11.2 Å². The van der Waals surface area contributed by atoms with Gasteiger partial charge >= 0.3 is 0 Å². The summed E-state index contributed by atoms with van der Waals surface area (Å²) in [6, 6.07) is 12.0. The van der Waals surface area contributed by atoms with Crippen LogP contribution in [0, 0.1) is 18.2 Å². The molecule has 0 aliphatic carbocycles. The number of amides is 1.